The minimum Gasteiger partial charge on any atom is -0.311 e. The molecule has 1 atom stereocenters. The Hall–Kier alpha value is -1.73. The van der Waals surface area contributed by atoms with E-state index in [1.54, 1.807) is 18.3 Å². The van der Waals surface area contributed by atoms with E-state index in [-0.39, 0.29) is 11.2 Å². The van der Waals surface area contributed by atoms with Crippen LogP contribution < -0.4 is 11.2 Å². The Labute approximate surface area is 132 Å². The molecule has 0 amide bonds. The van der Waals surface area contributed by atoms with Crippen molar-refractivity contribution in [3.05, 3.63) is 49.2 Å². The fourth-order valence-electron chi connectivity index (χ4n) is 3.01. The van der Waals surface area contributed by atoms with Gasteiger partial charge >= 0.3 is 5.69 Å². The number of aromatic amines is 1. The zero-order valence-electron chi connectivity index (χ0n) is 12.6. The molecule has 0 aromatic carbocycles. The standard InChI is InChI=1S/C15H20N4O2S/c1-11-10-13(20)19(15(21)17-11)8-7-18-6-3-2-4-12(18)14-16-5-9-22-14/h5,9-10,12H,2-4,6-8H2,1H3,(H,17,21). The van der Waals surface area contributed by atoms with Crippen LogP contribution >= 0.6 is 11.3 Å². The van der Waals surface area contributed by atoms with Crippen molar-refractivity contribution >= 4 is 11.3 Å². The molecule has 0 spiro atoms. The van der Waals surface area contributed by atoms with E-state index in [0.717, 1.165) is 24.4 Å². The minimum absolute atomic E-state index is 0.232. The summed E-state index contributed by atoms with van der Waals surface area (Å²) in [6, 6.07) is 1.78. The fourth-order valence-corrected chi connectivity index (χ4v) is 3.82. The zero-order chi connectivity index (χ0) is 15.5. The normalized spacial score (nSPS) is 19.4. The molecule has 1 fully saturated rings. The third-order valence-corrected chi connectivity index (χ3v) is 4.99. The number of nitrogens with one attached hydrogen (secondary N) is 1. The van der Waals surface area contributed by atoms with Crippen LogP contribution in [-0.4, -0.2) is 32.5 Å². The number of nitrogens with zero attached hydrogens (tertiary/aromatic N) is 3. The molecule has 1 aliphatic rings. The predicted octanol–water partition coefficient (Wildman–Crippen LogP) is 1.53. The summed E-state index contributed by atoms with van der Waals surface area (Å²) in [5.41, 5.74) is 0.0433. The number of H-pyrrole nitrogens is 1. The van der Waals surface area contributed by atoms with Gasteiger partial charge in [-0.2, -0.15) is 0 Å². The van der Waals surface area contributed by atoms with E-state index >= 15 is 0 Å². The van der Waals surface area contributed by atoms with Crippen molar-refractivity contribution in [2.75, 3.05) is 13.1 Å². The maximum absolute atomic E-state index is 12.0. The summed E-state index contributed by atoms with van der Waals surface area (Å²) >= 11 is 1.67. The number of aryl methyl sites for hydroxylation is 1. The topological polar surface area (TPSA) is 71.0 Å². The van der Waals surface area contributed by atoms with Crippen LogP contribution in [0, 0.1) is 6.92 Å². The van der Waals surface area contributed by atoms with Crippen molar-refractivity contribution in [1.82, 2.24) is 19.4 Å². The largest absolute Gasteiger partial charge is 0.328 e. The van der Waals surface area contributed by atoms with Crippen molar-refractivity contribution in [2.45, 2.75) is 38.8 Å². The molecule has 0 saturated carbocycles. The first-order valence-corrected chi connectivity index (χ1v) is 8.47. The van der Waals surface area contributed by atoms with Gasteiger partial charge in [0.1, 0.15) is 5.01 Å². The number of piperidine rings is 1. The minimum atomic E-state index is -0.326. The predicted molar refractivity (Wildman–Crippen MR) is 86.3 cm³/mol. The molecule has 3 heterocycles. The van der Waals surface area contributed by atoms with Gasteiger partial charge in [-0.05, 0) is 26.3 Å². The molecule has 0 radical (unpaired) electrons. The van der Waals surface area contributed by atoms with E-state index in [1.807, 2.05) is 11.6 Å². The lowest BCUT2D eigenvalue weighted by atomic mass is 10.0. The molecule has 1 saturated heterocycles. The van der Waals surface area contributed by atoms with Crippen LogP contribution in [0.2, 0.25) is 0 Å². The Kier molecular flexibility index (Phi) is 4.54. The first kappa shape index (κ1) is 15.2. The van der Waals surface area contributed by atoms with Crippen LogP contribution in [0.5, 0.6) is 0 Å². The van der Waals surface area contributed by atoms with Gasteiger partial charge in [0, 0.05) is 36.4 Å². The van der Waals surface area contributed by atoms with Gasteiger partial charge in [0.25, 0.3) is 5.56 Å². The molecular formula is C15H20N4O2S. The lowest BCUT2D eigenvalue weighted by Gasteiger charge is -2.34. The lowest BCUT2D eigenvalue weighted by Crippen LogP contribution is -2.41. The molecule has 1 N–H and O–H groups in total. The summed E-state index contributed by atoms with van der Waals surface area (Å²) in [5.74, 6) is 0. The summed E-state index contributed by atoms with van der Waals surface area (Å²) in [5, 5.41) is 3.13. The summed E-state index contributed by atoms with van der Waals surface area (Å²) in [6.07, 6.45) is 5.28. The van der Waals surface area contributed by atoms with Crippen molar-refractivity contribution in [3.63, 3.8) is 0 Å². The first-order chi connectivity index (χ1) is 10.6. The third-order valence-electron chi connectivity index (χ3n) is 4.12. The van der Waals surface area contributed by atoms with Gasteiger partial charge in [0.2, 0.25) is 0 Å². The summed E-state index contributed by atoms with van der Waals surface area (Å²) in [7, 11) is 0. The molecule has 7 heteroatoms. The molecule has 1 unspecified atom stereocenters. The maximum Gasteiger partial charge on any atom is 0.328 e. The second-order valence-corrected chi connectivity index (χ2v) is 6.59. The molecule has 2 aromatic heterocycles. The smallest absolute Gasteiger partial charge is 0.311 e. The van der Waals surface area contributed by atoms with Crippen LogP contribution in [0.25, 0.3) is 0 Å². The Morgan fingerprint density at radius 2 is 2.23 bits per heavy atom. The van der Waals surface area contributed by atoms with Crippen LogP contribution in [0.15, 0.2) is 27.2 Å². The Morgan fingerprint density at radius 3 is 2.95 bits per heavy atom. The van der Waals surface area contributed by atoms with Crippen molar-refractivity contribution < 1.29 is 0 Å². The lowest BCUT2D eigenvalue weighted by molar-refractivity contribution is 0.142. The van der Waals surface area contributed by atoms with Crippen LogP contribution in [0.3, 0.4) is 0 Å². The third kappa shape index (κ3) is 3.20. The van der Waals surface area contributed by atoms with E-state index in [0.29, 0.717) is 24.8 Å². The first-order valence-electron chi connectivity index (χ1n) is 7.59. The number of thiazole rings is 1. The zero-order valence-corrected chi connectivity index (χ0v) is 13.4. The quantitative estimate of drug-likeness (QED) is 0.927. The van der Waals surface area contributed by atoms with Gasteiger partial charge in [-0.15, -0.1) is 11.3 Å². The Balaban J connectivity index is 1.75. The molecule has 0 bridgehead atoms. The molecule has 6 nitrogen and oxygen atoms in total. The van der Waals surface area contributed by atoms with Crippen molar-refractivity contribution in [2.24, 2.45) is 0 Å². The monoisotopic (exact) mass is 320 g/mol. The van der Waals surface area contributed by atoms with E-state index in [1.165, 1.54) is 17.1 Å². The van der Waals surface area contributed by atoms with Gasteiger partial charge in [0.05, 0.1) is 6.04 Å². The summed E-state index contributed by atoms with van der Waals surface area (Å²) < 4.78 is 1.28. The molecule has 1 aliphatic heterocycles. The van der Waals surface area contributed by atoms with E-state index in [2.05, 4.69) is 14.9 Å². The van der Waals surface area contributed by atoms with Crippen molar-refractivity contribution in [1.29, 1.82) is 0 Å². The number of likely N-dealkylation sites (tertiary alicyclic amines) is 1. The highest BCUT2D eigenvalue weighted by atomic mass is 32.1. The molecule has 2 aromatic rings. The molecule has 118 valence electrons. The van der Waals surface area contributed by atoms with Crippen LogP contribution in [0.4, 0.5) is 0 Å². The number of hydrogen-bond donors (Lipinski definition) is 1. The van der Waals surface area contributed by atoms with Gasteiger partial charge in [-0.1, -0.05) is 6.42 Å². The van der Waals surface area contributed by atoms with Gasteiger partial charge in [-0.25, -0.2) is 9.78 Å². The average Bonchev–Trinajstić information content (AvgIpc) is 3.00. The number of hydrogen-bond acceptors (Lipinski definition) is 5. The van der Waals surface area contributed by atoms with E-state index in [9.17, 15) is 9.59 Å². The summed E-state index contributed by atoms with van der Waals surface area (Å²) in [6.45, 7) is 3.81. The van der Waals surface area contributed by atoms with E-state index in [4.69, 9.17) is 0 Å². The van der Waals surface area contributed by atoms with Crippen LogP contribution in [-0.2, 0) is 6.54 Å². The SMILES string of the molecule is Cc1cc(=O)n(CCN2CCCCC2c2nccs2)c(=O)[nH]1. The average molecular weight is 320 g/mol. The molecule has 22 heavy (non-hydrogen) atoms. The molecular weight excluding hydrogens is 300 g/mol. The number of rotatable bonds is 4. The highest BCUT2D eigenvalue weighted by molar-refractivity contribution is 7.09. The number of aromatic nitrogens is 3. The second-order valence-electron chi connectivity index (χ2n) is 5.67. The van der Waals surface area contributed by atoms with Crippen LogP contribution in [0.1, 0.15) is 36.0 Å². The van der Waals surface area contributed by atoms with E-state index < -0.39 is 0 Å². The van der Waals surface area contributed by atoms with Gasteiger partial charge < -0.3 is 4.98 Å². The fraction of sp³-hybridized carbons (Fsp3) is 0.533. The Bertz CT molecular complexity index is 703. The Morgan fingerprint density at radius 1 is 1.36 bits per heavy atom. The highest BCUT2D eigenvalue weighted by Crippen LogP contribution is 2.31. The van der Waals surface area contributed by atoms with Gasteiger partial charge in [0.15, 0.2) is 0 Å². The molecule has 0 aliphatic carbocycles. The van der Waals surface area contributed by atoms with Crippen molar-refractivity contribution in [3.8, 4) is 0 Å². The molecule has 3 rings (SSSR count). The highest BCUT2D eigenvalue weighted by Gasteiger charge is 2.25. The maximum atomic E-state index is 12.0. The second kappa shape index (κ2) is 6.58. The van der Waals surface area contributed by atoms with Gasteiger partial charge in [-0.3, -0.25) is 14.3 Å². The summed E-state index contributed by atoms with van der Waals surface area (Å²) in [4.78, 5) is 33.3.